The zero-order valence-electron chi connectivity index (χ0n) is 13.9. The first-order chi connectivity index (χ1) is 10.4. The summed E-state index contributed by atoms with van der Waals surface area (Å²) in [5.74, 6) is 0.786. The van der Waals surface area contributed by atoms with Crippen molar-refractivity contribution in [3.05, 3.63) is 23.8 Å². The Morgan fingerprint density at radius 3 is 2.77 bits per heavy atom. The van der Waals surface area contributed by atoms with Crippen LogP contribution in [0.4, 0.5) is 5.69 Å². The van der Waals surface area contributed by atoms with Crippen molar-refractivity contribution >= 4 is 23.0 Å². The lowest BCUT2D eigenvalue weighted by atomic mass is 9.87. The largest absolute Gasteiger partial charge is 0.495 e. The van der Waals surface area contributed by atoms with Gasteiger partial charge in [-0.15, -0.1) is 0 Å². The van der Waals surface area contributed by atoms with Crippen LogP contribution in [-0.2, 0) is 10.2 Å². The van der Waals surface area contributed by atoms with Crippen LogP contribution in [0.1, 0.15) is 39.2 Å². The number of hydrogen-bond donors (Lipinski definition) is 2. The Labute approximate surface area is 138 Å². The lowest BCUT2D eigenvalue weighted by molar-refractivity contribution is 0.114. The molecular formula is C17H26N2O2S. The van der Waals surface area contributed by atoms with Crippen molar-refractivity contribution in [1.82, 2.24) is 5.32 Å². The highest BCUT2D eigenvalue weighted by molar-refractivity contribution is 7.80. The molecule has 0 bridgehead atoms. The van der Waals surface area contributed by atoms with Gasteiger partial charge in [-0.05, 0) is 48.2 Å². The van der Waals surface area contributed by atoms with Crippen LogP contribution in [0.15, 0.2) is 18.2 Å². The maximum atomic E-state index is 5.59. The zero-order chi connectivity index (χ0) is 16.2. The monoisotopic (exact) mass is 322 g/mol. The van der Waals surface area contributed by atoms with E-state index in [1.165, 1.54) is 5.56 Å². The Morgan fingerprint density at radius 2 is 2.18 bits per heavy atom. The first kappa shape index (κ1) is 17.0. The van der Waals surface area contributed by atoms with Crippen LogP contribution in [0.3, 0.4) is 0 Å². The second-order valence-electron chi connectivity index (χ2n) is 6.64. The van der Waals surface area contributed by atoms with Gasteiger partial charge in [0.1, 0.15) is 5.75 Å². The van der Waals surface area contributed by atoms with E-state index in [0.717, 1.165) is 37.4 Å². The molecule has 1 aliphatic rings. The van der Waals surface area contributed by atoms with Crippen LogP contribution in [0.5, 0.6) is 5.75 Å². The normalized spacial score (nSPS) is 18.1. The standard InChI is InChI=1S/C17H26N2O2S/c1-17(2,3)12-7-8-15(20-4)14(10-12)19-16(22)18-11-13-6-5-9-21-13/h7-8,10,13H,5-6,9,11H2,1-4H3,(H2,18,19,22)/t13-/m1/s1. The molecule has 1 atom stereocenters. The van der Waals surface area contributed by atoms with E-state index in [0.29, 0.717) is 5.11 Å². The lowest BCUT2D eigenvalue weighted by Crippen LogP contribution is -2.35. The van der Waals surface area contributed by atoms with Crippen LogP contribution >= 0.6 is 12.2 Å². The lowest BCUT2D eigenvalue weighted by Gasteiger charge is -2.22. The maximum absolute atomic E-state index is 5.59. The molecule has 1 saturated heterocycles. The van der Waals surface area contributed by atoms with E-state index in [1.807, 2.05) is 6.07 Å². The smallest absolute Gasteiger partial charge is 0.170 e. The molecule has 0 unspecified atom stereocenters. The minimum atomic E-state index is 0.0788. The van der Waals surface area contributed by atoms with Gasteiger partial charge in [0.05, 0.1) is 18.9 Å². The summed E-state index contributed by atoms with van der Waals surface area (Å²) >= 11 is 5.38. The Morgan fingerprint density at radius 1 is 1.41 bits per heavy atom. The molecule has 4 nitrogen and oxygen atoms in total. The fraction of sp³-hybridized carbons (Fsp3) is 0.588. The molecule has 1 aromatic rings. The van der Waals surface area contributed by atoms with Crippen molar-refractivity contribution in [2.45, 2.75) is 45.1 Å². The topological polar surface area (TPSA) is 42.5 Å². The molecule has 0 radical (unpaired) electrons. The van der Waals surface area contributed by atoms with E-state index in [1.54, 1.807) is 7.11 Å². The van der Waals surface area contributed by atoms with Crippen molar-refractivity contribution in [2.24, 2.45) is 0 Å². The summed E-state index contributed by atoms with van der Waals surface area (Å²) in [6, 6.07) is 6.16. The summed E-state index contributed by atoms with van der Waals surface area (Å²) in [4.78, 5) is 0. The minimum Gasteiger partial charge on any atom is -0.495 e. The van der Waals surface area contributed by atoms with Crippen LogP contribution < -0.4 is 15.4 Å². The molecule has 122 valence electrons. The average Bonchev–Trinajstić information content (AvgIpc) is 2.97. The Kier molecular flexibility index (Phi) is 5.64. The first-order valence-corrected chi connectivity index (χ1v) is 8.16. The first-order valence-electron chi connectivity index (χ1n) is 7.75. The molecule has 1 aromatic carbocycles. The van der Waals surface area contributed by atoms with Crippen molar-refractivity contribution in [2.75, 3.05) is 25.6 Å². The van der Waals surface area contributed by atoms with E-state index in [4.69, 9.17) is 21.7 Å². The van der Waals surface area contributed by atoms with E-state index >= 15 is 0 Å². The highest BCUT2D eigenvalue weighted by Crippen LogP contribution is 2.31. The van der Waals surface area contributed by atoms with Crippen molar-refractivity contribution in [3.8, 4) is 5.75 Å². The number of thiocarbonyl (C=S) groups is 1. The predicted octanol–water partition coefficient (Wildman–Crippen LogP) is 3.46. The van der Waals surface area contributed by atoms with Crippen LogP contribution in [0.25, 0.3) is 0 Å². The number of anilines is 1. The third-order valence-electron chi connectivity index (χ3n) is 3.83. The van der Waals surface area contributed by atoms with Gasteiger partial charge in [-0.1, -0.05) is 26.8 Å². The Hall–Kier alpha value is -1.33. The summed E-state index contributed by atoms with van der Waals surface area (Å²) in [5, 5.41) is 7.06. The molecule has 2 rings (SSSR count). The molecule has 0 amide bonds. The number of rotatable bonds is 4. The van der Waals surface area contributed by atoms with E-state index in [-0.39, 0.29) is 11.5 Å². The van der Waals surface area contributed by atoms with Gasteiger partial charge < -0.3 is 20.1 Å². The molecule has 5 heteroatoms. The molecule has 22 heavy (non-hydrogen) atoms. The van der Waals surface area contributed by atoms with Crippen LogP contribution in [0, 0.1) is 0 Å². The molecule has 1 fully saturated rings. The van der Waals surface area contributed by atoms with Gasteiger partial charge >= 0.3 is 0 Å². The van der Waals surface area contributed by atoms with Gasteiger partial charge in [-0.3, -0.25) is 0 Å². The molecule has 0 saturated carbocycles. The number of methoxy groups -OCH3 is 1. The molecule has 1 aliphatic heterocycles. The van der Waals surface area contributed by atoms with E-state index in [2.05, 4.69) is 43.5 Å². The molecule has 0 spiro atoms. The molecule has 2 N–H and O–H groups in total. The van der Waals surface area contributed by atoms with Gasteiger partial charge in [0.25, 0.3) is 0 Å². The Bertz CT molecular complexity index is 520. The highest BCUT2D eigenvalue weighted by Gasteiger charge is 2.18. The van der Waals surface area contributed by atoms with Gasteiger partial charge in [-0.2, -0.15) is 0 Å². The fourth-order valence-corrected chi connectivity index (χ4v) is 2.64. The molecular weight excluding hydrogens is 296 g/mol. The van der Waals surface area contributed by atoms with Crippen LogP contribution in [0.2, 0.25) is 0 Å². The van der Waals surface area contributed by atoms with E-state index in [9.17, 15) is 0 Å². The second kappa shape index (κ2) is 7.29. The summed E-state index contributed by atoms with van der Waals surface area (Å²) in [6.45, 7) is 8.16. The number of hydrogen-bond acceptors (Lipinski definition) is 3. The minimum absolute atomic E-state index is 0.0788. The SMILES string of the molecule is COc1ccc(C(C)(C)C)cc1NC(=S)NC[C@H]1CCCO1. The van der Waals surface area contributed by atoms with Gasteiger partial charge in [0.15, 0.2) is 5.11 Å². The quantitative estimate of drug-likeness (QED) is 0.831. The number of nitrogens with one attached hydrogen (secondary N) is 2. The van der Waals surface area contributed by atoms with Crippen molar-refractivity contribution in [3.63, 3.8) is 0 Å². The fourth-order valence-electron chi connectivity index (χ4n) is 2.45. The molecule has 0 aromatic heterocycles. The maximum Gasteiger partial charge on any atom is 0.170 e. The summed E-state index contributed by atoms with van der Waals surface area (Å²) in [6.07, 6.45) is 2.49. The average molecular weight is 322 g/mol. The molecule has 1 heterocycles. The molecule has 0 aliphatic carbocycles. The summed E-state index contributed by atoms with van der Waals surface area (Å²) < 4.78 is 11.0. The zero-order valence-corrected chi connectivity index (χ0v) is 14.7. The Balaban J connectivity index is 2.01. The second-order valence-corrected chi connectivity index (χ2v) is 7.04. The van der Waals surface area contributed by atoms with E-state index < -0.39 is 0 Å². The van der Waals surface area contributed by atoms with Gasteiger partial charge in [0.2, 0.25) is 0 Å². The number of ether oxygens (including phenoxy) is 2. The summed E-state index contributed by atoms with van der Waals surface area (Å²) in [7, 11) is 1.67. The van der Waals surface area contributed by atoms with Gasteiger partial charge in [-0.25, -0.2) is 0 Å². The number of benzene rings is 1. The highest BCUT2D eigenvalue weighted by atomic mass is 32.1. The predicted molar refractivity (Wildman–Crippen MR) is 94.9 cm³/mol. The van der Waals surface area contributed by atoms with Crippen molar-refractivity contribution < 1.29 is 9.47 Å². The van der Waals surface area contributed by atoms with Crippen LogP contribution in [-0.4, -0.2) is 31.5 Å². The van der Waals surface area contributed by atoms with Crippen molar-refractivity contribution in [1.29, 1.82) is 0 Å². The summed E-state index contributed by atoms with van der Waals surface area (Å²) in [5.41, 5.74) is 2.20. The third-order valence-corrected chi connectivity index (χ3v) is 4.07. The van der Waals surface area contributed by atoms with Gasteiger partial charge in [0, 0.05) is 13.2 Å². The third kappa shape index (κ3) is 4.58.